The summed E-state index contributed by atoms with van der Waals surface area (Å²) in [4.78, 5) is 38.8. The van der Waals surface area contributed by atoms with Crippen LogP contribution in [0.5, 0.6) is 0 Å². The molecule has 0 N–H and O–H groups in total. The minimum atomic E-state index is -2.20. The summed E-state index contributed by atoms with van der Waals surface area (Å²) in [7, 11) is -0.935. The van der Waals surface area contributed by atoms with Gasteiger partial charge in [-0.15, -0.1) is 0 Å². The quantitative estimate of drug-likeness (QED) is 0.373. The maximum Gasteiger partial charge on any atom is 0.331 e. The zero-order chi connectivity index (χ0) is 21.7. The van der Waals surface area contributed by atoms with Gasteiger partial charge < -0.3 is 14.1 Å². The van der Waals surface area contributed by atoms with Gasteiger partial charge in [-0.05, 0) is 25.1 Å². The number of ketones is 1. The molecule has 1 aromatic carbocycles. The van der Waals surface area contributed by atoms with E-state index in [0.717, 1.165) is 0 Å². The Labute approximate surface area is 169 Å². The number of ether oxygens (including phenoxy) is 1. The largest absolute Gasteiger partial charge is 0.467 e. The first kappa shape index (κ1) is 24.0. The number of carbonyl (C=O) groups is 3. The van der Waals surface area contributed by atoms with Crippen LogP contribution < -0.4 is 0 Å². The molecule has 0 radical (unpaired) electrons. The smallest absolute Gasteiger partial charge is 0.331 e. The molecule has 6 nitrogen and oxygen atoms in total. The van der Waals surface area contributed by atoms with Crippen molar-refractivity contribution in [3.05, 3.63) is 35.9 Å². The molecule has 2 atom stereocenters. The molecule has 1 aromatic rings. The second-order valence-electron chi connectivity index (χ2n) is 8.49. The number of hydrogen-bond donors (Lipinski definition) is 0. The summed E-state index contributed by atoms with van der Waals surface area (Å²) in [6.45, 7) is 13.3. The van der Waals surface area contributed by atoms with Gasteiger partial charge >= 0.3 is 5.97 Å². The standard InChI is InChI=1S/C21H33NO5Si/c1-15(27-28(7,8)21(3,4)5)19(20(25)26-6)22(16(2)23)14-18(24)17-12-10-9-11-13-17/h9-13,15,19H,14H2,1-8H3. The number of benzene rings is 1. The fourth-order valence-electron chi connectivity index (χ4n) is 2.67. The molecule has 0 aliphatic rings. The van der Waals surface area contributed by atoms with Gasteiger partial charge in [0, 0.05) is 12.5 Å². The van der Waals surface area contributed by atoms with E-state index in [0.29, 0.717) is 5.56 Å². The maximum atomic E-state index is 12.7. The van der Waals surface area contributed by atoms with Gasteiger partial charge in [0.2, 0.25) is 5.91 Å². The van der Waals surface area contributed by atoms with Gasteiger partial charge in [0.05, 0.1) is 19.8 Å². The van der Waals surface area contributed by atoms with Crippen LogP contribution in [0.4, 0.5) is 0 Å². The summed E-state index contributed by atoms with van der Waals surface area (Å²) in [5.74, 6) is -1.23. The number of methoxy groups -OCH3 is 1. The van der Waals surface area contributed by atoms with Crippen LogP contribution in [0.2, 0.25) is 18.1 Å². The van der Waals surface area contributed by atoms with E-state index in [4.69, 9.17) is 9.16 Å². The molecule has 1 rings (SSSR count). The van der Waals surface area contributed by atoms with Crippen molar-refractivity contribution in [3.63, 3.8) is 0 Å². The third-order valence-corrected chi connectivity index (χ3v) is 9.90. The van der Waals surface area contributed by atoms with Gasteiger partial charge in [-0.2, -0.15) is 0 Å². The van der Waals surface area contributed by atoms with Gasteiger partial charge in [0.1, 0.15) is 0 Å². The van der Waals surface area contributed by atoms with Crippen molar-refractivity contribution in [2.45, 2.75) is 64.9 Å². The molecule has 156 valence electrons. The van der Waals surface area contributed by atoms with E-state index in [-0.39, 0.29) is 23.3 Å². The zero-order valence-corrected chi connectivity index (χ0v) is 19.2. The number of hydrogen-bond acceptors (Lipinski definition) is 5. The Morgan fingerprint density at radius 3 is 2.07 bits per heavy atom. The van der Waals surface area contributed by atoms with E-state index in [1.54, 1.807) is 31.2 Å². The van der Waals surface area contributed by atoms with Crippen LogP contribution in [-0.2, 0) is 18.8 Å². The fourth-order valence-corrected chi connectivity index (χ4v) is 4.09. The van der Waals surface area contributed by atoms with Crippen LogP contribution in [0, 0.1) is 0 Å². The highest BCUT2D eigenvalue weighted by molar-refractivity contribution is 6.74. The SMILES string of the molecule is COC(=O)C(C(C)O[Si](C)(C)C(C)(C)C)N(CC(=O)c1ccccc1)C(C)=O. The third kappa shape index (κ3) is 6.00. The molecular formula is C21H33NO5Si. The van der Waals surface area contributed by atoms with Crippen LogP contribution >= 0.6 is 0 Å². The topological polar surface area (TPSA) is 72.9 Å². The molecule has 28 heavy (non-hydrogen) atoms. The molecule has 0 saturated carbocycles. The fraction of sp³-hybridized carbons (Fsp3) is 0.571. The lowest BCUT2D eigenvalue weighted by Gasteiger charge is -2.41. The van der Waals surface area contributed by atoms with Crippen LogP contribution in [0.15, 0.2) is 30.3 Å². The average molecular weight is 408 g/mol. The number of nitrogens with zero attached hydrogens (tertiary/aromatic N) is 1. The second kappa shape index (κ2) is 9.47. The van der Waals surface area contributed by atoms with E-state index in [2.05, 4.69) is 33.9 Å². The van der Waals surface area contributed by atoms with Crippen LogP contribution in [0.25, 0.3) is 0 Å². The highest BCUT2D eigenvalue weighted by atomic mass is 28.4. The summed E-state index contributed by atoms with van der Waals surface area (Å²) < 4.78 is 11.3. The molecule has 7 heteroatoms. The van der Waals surface area contributed by atoms with E-state index < -0.39 is 26.4 Å². The first-order valence-corrected chi connectivity index (χ1v) is 12.3. The summed E-state index contributed by atoms with van der Waals surface area (Å²) in [6, 6.07) is 7.70. The van der Waals surface area contributed by atoms with Gasteiger partial charge in [0.25, 0.3) is 0 Å². The van der Waals surface area contributed by atoms with Crippen LogP contribution in [0.3, 0.4) is 0 Å². The van der Waals surface area contributed by atoms with E-state index >= 15 is 0 Å². The maximum absolute atomic E-state index is 12.7. The third-order valence-electron chi connectivity index (χ3n) is 5.32. The molecule has 0 aliphatic carbocycles. The van der Waals surface area contributed by atoms with Crippen LogP contribution in [-0.4, -0.2) is 56.7 Å². The van der Waals surface area contributed by atoms with Crippen molar-refractivity contribution >= 4 is 26.0 Å². The lowest BCUT2D eigenvalue weighted by Crippen LogP contribution is -2.56. The Hall–Kier alpha value is -1.99. The second-order valence-corrected chi connectivity index (χ2v) is 13.2. The molecular weight excluding hydrogens is 374 g/mol. The molecule has 0 aliphatic heterocycles. The minimum absolute atomic E-state index is 0.0666. The number of amides is 1. The first-order chi connectivity index (χ1) is 12.8. The monoisotopic (exact) mass is 407 g/mol. The zero-order valence-electron chi connectivity index (χ0n) is 18.2. The highest BCUT2D eigenvalue weighted by Crippen LogP contribution is 2.38. The average Bonchev–Trinajstić information content (AvgIpc) is 2.59. The Morgan fingerprint density at radius 1 is 1.11 bits per heavy atom. The molecule has 0 heterocycles. The molecule has 0 bridgehead atoms. The van der Waals surface area contributed by atoms with Crippen molar-refractivity contribution in [2.75, 3.05) is 13.7 Å². The number of carbonyl (C=O) groups excluding carboxylic acids is 3. The summed E-state index contributed by atoms with van der Waals surface area (Å²) in [5.41, 5.74) is 0.482. The van der Waals surface area contributed by atoms with Crippen molar-refractivity contribution in [2.24, 2.45) is 0 Å². The summed E-state index contributed by atoms with van der Waals surface area (Å²) in [5, 5.41) is -0.0666. The van der Waals surface area contributed by atoms with Crippen molar-refractivity contribution < 1.29 is 23.5 Å². The molecule has 1 amide bonds. The predicted octanol–water partition coefficient (Wildman–Crippen LogP) is 3.67. The Balaban J connectivity index is 3.17. The lowest BCUT2D eigenvalue weighted by atomic mass is 10.1. The molecule has 0 spiro atoms. The number of Topliss-reactive ketones (excluding diaryl/α,β-unsaturated/α-hetero) is 1. The van der Waals surface area contributed by atoms with Gasteiger partial charge in [0.15, 0.2) is 20.1 Å². The van der Waals surface area contributed by atoms with Gasteiger partial charge in [-0.25, -0.2) is 4.79 Å². The van der Waals surface area contributed by atoms with Crippen molar-refractivity contribution in [1.29, 1.82) is 0 Å². The molecule has 2 unspecified atom stereocenters. The van der Waals surface area contributed by atoms with E-state index in [1.165, 1.54) is 18.9 Å². The summed E-state index contributed by atoms with van der Waals surface area (Å²) >= 11 is 0. The van der Waals surface area contributed by atoms with Gasteiger partial charge in [-0.1, -0.05) is 51.1 Å². The predicted molar refractivity (Wildman–Crippen MR) is 112 cm³/mol. The van der Waals surface area contributed by atoms with E-state index in [9.17, 15) is 14.4 Å². The lowest BCUT2D eigenvalue weighted by molar-refractivity contribution is -0.155. The minimum Gasteiger partial charge on any atom is -0.467 e. The Morgan fingerprint density at radius 2 is 1.64 bits per heavy atom. The Kier molecular flexibility index (Phi) is 8.13. The first-order valence-electron chi connectivity index (χ1n) is 9.43. The normalized spacial score (nSPS) is 14.1. The van der Waals surface area contributed by atoms with Crippen LogP contribution in [0.1, 0.15) is 45.0 Å². The van der Waals surface area contributed by atoms with Crippen molar-refractivity contribution in [3.8, 4) is 0 Å². The highest BCUT2D eigenvalue weighted by Gasteiger charge is 2.43. The molecule has 0 saturated heterocycles. The molecule has 0 aromatic heterocycles. The summed E-state index contributed by atoms with van der Waals surface area (Å²) in [6.07, 6.45) is -0.610. The Bertz CT molecular complexity index is 696. The number of rotatable bonds is 8. The van der Waals surface area contributed by atoms with Crippen molar-refractivity contribution in [1.82, 2.24) is 4.90 Å². The molecule has 0 fully saturated rings. The van der Waals surface area contributed by atoms with Gasteiger partial charge in [-0.3, -0.25) is 9.59 Å². The van der Waals surface area contributed by atoms with E-state index in [1.807, 2.05) is 6.07 Å². The number of esters is 1.